The first kappa shape index (κ1) is 31.1. The van der Waals surface area contributed by atoms with Gasteiger partial charge < -0.3 is 4.42 Å². The maximum absolute atomic E-state index is 6.79. The lowest BCUT2D eigenvalue weighted by molar-refractivity contribution is 0.674. The second-order valence-electron chi connectivity index (χ2n) is 14.0. The number of aromatic nitrogens is 3. The molecule has 9 aromatic carbocycles. The Morgan fingerprint density at radius 2 is 0.782 bits per heavy atom. The Labute approximate surface area is 317 Å². The number of benzene rings is 9. The normalized spacial score (nSPS) is 11.6. The maximum Gasteiger partial charge on any atom is 0.164 e. The Hall–Kier alpha value is -7.43. The van der Waals surface area contributed by atoms with Gasteiger partial charge in [-0.25, -0.2) is 15.0 Å². The minimum atomic E-state index is 0.599. The predicted molar refractivity (Wildman–Crippen MR) is 227 cm³/mol. The van der Waals surface area contributed by atoms with Gasteiger partial charge in [-0.05, 0) is 80.0 Å². The molecule has 0 amide bonds. The van der Waals surface area contributed by atoms with E-state index in [1.165, 1.54) is 16.5 Å². The highest BCUT2D eigenvalue weighted by Crippen LogP contribution is 2.42. The highest BCUT2D eigenvalue weighted by atomic mass is 16.3. The van der Waals surface area contributed by atoms with E-state index in [9.17, 15) is 0 Å². The summed E-state index contributed by atoms with van der Waals surface area (Å²) in [5.41, 5.74) is 8.90. The smallest absolute Gasteiger partial charge is 0.164 e. The number of fused-ring (bicyclic) bond motifs is 7. The van der Waals surface area contributed by atoms with Gasteiger partial charge in [0, 0.05) is 38.4 Å². The Morgan fingerprint density at radius 3 is 1.49 bits per heavy atom. The van der Waals surface area contributed by atoms with Crippen LogP contribution in [0.15, 0.2) is 192 Å². The van der Waals surface area contributed by atoms with Crippen LogP contribution in [0, 0.1) is 0 Å². The third-order valence-corrected chi connectivity index (χ3v) is 10.7. The van der Waals surface area contributed by atoms with E-state index in [-0.39, 0.29) is 0 Å². The van der Waals surface area contributed by atoms with Crippen LogP contribution in [0.2, 0.25) is 0 Å². The zero-order valence-corrected chi connectivity index (χ0v) is 29.6. The van der Waals surface area contributed by atoms with Crippen LogP contribution >= 0.6 is 0 Å². The monoisotopic (exact) mass is 701 g/mol. The minimum absolute atomic E-state index is 0.599. The summed E-state index contributed by atoms with van der Waals surface area (Å²) >= 11 is 0. The van der Waals surface area contributed by atoms with E-state index in [1.807, 2.05) is 12.1 Å². The van der Waals surface area contributed by atoms with Crippen molar-refractivity contribution < 1.29 is 4.42 Å². The molecule has 0 fully saturated rings. The van der Waals surface area contributed by atoms with E-state index in [4.69, 9.17) is 19.4 Å². The molecule has 0 radical (unpaired) electrons. The van der Waals surface area contributed by atoms with Crippen LogP contribution in [0.4, 0.5) is 0 Å². The Balaban J connectivity index is 1.14. The predicted octanol–water partition coefficient (Wildman–Crippen LogP) is 13.6. The molecule has 0 aliphatic carbocycles. The first-order chi connectivity index (χ1) is 27.2. The molecule has 0 aliphatic heterocycles. The number of hydrogen-bond donors (Lipinski definition) is 0. The zero-order valence-electron chi connectivity index (χ0n) is 29.6. The van der Waals surface area contributed by atoms with Crippen molar-refractivity contribution in [3.63, 3.8) is 0 Å². The number of hydrogen-bond acceptors (Lipinski definition) is 4. The van der Waals surface area contributed by atoms with Crippen LogP contribution < -0.4 is 0 Å². The van der Waals surface area contributed by atoms with Crippen LogP contribution in [0.3, 0.4) is 0 Å². The van der Waals surface area contributed by atoms with Gasteiger partial charge in [0.15, 0.2) is 17.5 Å². The van der Waals surface area contributed by atoms with Crippen molar-refractivity contribution in [3.8, 4) is 56.4 Å². The topological polar surface area (TPSA) is 51.8 Å². The Morgan fingerprint density at radius 1 is 0.273 bits per heavy atom. The van der Waals surface area contributed by atoms with Gasteiger partial charge in [0.05, 0.1) is 0 Å². The lowest BCUT2D eigenvalue weighted by atomic mass is 9.98. The van der Waals surface area contributed by atoms with E-state index >= 15 is 0 Å². The molecule has 0 saturated heterocycles. The summed E-state index contributed by atoms with van der Waals surface area (Å²) in [5.74, 6) is 1.84. The van der Waals surface area contributed by atoms with Crippen molar-refractivity contribution in [2.75, 3.05) is 0 Å². The summed E-state index contributed by atoms with van der Waals surface area (Å²) in [6.45, 7) is 0. The van der Waals surface area contributed by atoms with Crippen molar-refractivity contribution in [3.05, 3.63) is 188 Å². The number of rotatable bonds is 5. The van der Waals surface area contributed by atoms with E-state index in [2.05, 4.69) is 176 Å². The maximum atomic E-state index is 6.79. The molecule has 0 bridgehead atoms. The third-order valence-electron chi connectivity index (χ3n) is 10.7. The summed E-state index contributed by atoms with van der Waals surface area (Å²) in [4.78, 5) is 15.6. The zero-order chi connectivity index (χ0) is 36.3. The molecular formula is C51H31N3O. The van der Waals surface area contributed by atoms with Gasteiger partial charge in [-0.2, -0.15) is 0 Å². The summed E-state index contributed by atoms with van der Waals surface area (Å²) in [6, 6.07) is 65.8. The SMILES string of the molecule is c1ccc(-c2ccc3cc(-c4nc(-c5ccc6ccccc6c5)nc(-c5cc(-c6ccccc6)c6oc7c8ccccc8ccc7c6c5)n4)ccc3c2)cc1. The first-order valence-electron chi connectivity index (χ1n) is 18.5. The molecule has 0 aliphatic rings. The fraction of sp³-hybridized carbons (Fsp3) is 0. The molecule has 11 rings (SSSR count). The van der Waals surface area contributed by atoms with Gasteiger partial charge in [0.25, 0.3) is 0 Å². The molecule has 0 unspecified atom stereocenters. The van der Waals surface area contributed by atoms with E-state index in [0.29, 0.717) is 17.5 Å². The van der Waals surface area contributed by atoms with Crippen molar-refractivity contribution >= 4 is 54.3 Å². The molecule has 0 N–H and O–H groups in total. The fourth-order valence-electron chi connectivity index (χ4n) is 7.85. The van der Waals surface area contributed by atoms with Gasteiger partial charge in [-0.15, -0.1) is 0 Å². The minimum Gasteiger partial charge on any atom is -0.455 e. The van der Waals surface area contributed by atoms with Crippen LogP contribution in [-0.2, 0) is 0 Å². The van der Waals surface area contributed by atoms with Crippen LogP contribution in [0.1, 0.15) is 0 Å². The highest BCUT2D eigenvalue weighted by molar-refractivity contribution is 6.18. The Kier molecular flexibility index (Phi) is 7.14. The van der Waals surface area contributed by atoms with E-state index in [1.54, 1.807) is 0 Å². The van der Waals surface area contributed by atoms with Crippen molar-refractivity contribution in [1.82, 2.24) is 15.0 Å². The second-order valence-corrected chi connectivity index (χ2v) is 14.0. The average molecular weight is 702 g/mol. The van der Waals surface area contributed by atoms with E-state index < -0.39 is 0 Å². The van der Waals surface area contributed by atoms with Crippen LogP contribution in [-0.4, -0.2) is 15.0 Å². The Bertz CT molecular complexity index is 3260. The largest absolute Gasteiger partial charge is 0.455 e. The molecule has 0 spiro atoms. The summed E-state index contributed by atoms with van der Waals surface area (Å²) in [5, 5.41) is 8.89. The number of nitrogens with zero attached hydrogens (tertiary/aromatic N) is 3. The molecule has 0 atom stereocenters. The molecule has 4 heteroatoms. The summed E-state index contributed by atoms with van der Waals surface area (Å²) < 4.78 is 6.79. The molecule has 2 aromatic heterocycles. The molecule has 0 saturated carbocycles. The summed E-state index contributed by atoms with van der Waals surface area (Å²) in [6.07, 6.45) is 0. The molecule has 55 heavy (non-hydrogen) atoms. The quantitative estimate of drug-likeness (QED) is 0.179. The van der Waals surface area contributed by atoms with Gasteiger partial charge in [-0.3, -0.25) is 0 Å². The fourth-order valence-corrected chi connectivity index (χ4v) is 7.85. The first-order valence-corrected chi connectivity index (χ1v) is 18.5. The highest BCUT2D eigenvalue weighted by Gasteiger charge is 2.20. The number of furan rings is 1. The third kappa shape index (κ3) is 5.43. The second kappa shape index (κ2) is 12.6. The molecule has 4 nitrogen and oxygen atoms in total. The standard InChI is InChI=1S/C51H31N3O/c1-3-11-32(12-4-1)37-20-21-39-29-41(24-22-38(39)27-37)50-52-49(40-23-19-33-13-7-8-17-36(33)28-40)53-51(54-50)42-30-45(34-14-5-2-6-15-34)48-46(31-42)44-26-25-35-16-9-10-18-43(35)47(44)55-48/h1-31H. The molecule has 256 valence electrons. The van der Waals surface area contributed by atoms with Gasteiger partial charge in [0.1, 0.15) is 11.2 Å². The van der Waals surface area contributed by atoms with Crippen LogP contribution in [0.25, 0.3) is 111 Å². The van der Waals surface area contributed by atoms with Crippen molar-refractivity contribution in [2.45, 2.75) is 0 Å². The lowest BCUT2D eigenvalue weighted by Gasteiger charge is -2.11. The molecule has 11 aromatic rings. The summed E-state index contributed by atoms with van der Waals surface area (Å²) in [7, 11) is 0. The van der Waals surface area contributed by atoms with Crippen molar-refractivity contribution in [1.29, 1.82) is 0 Å². The van der Waals surface area contributed by atoms with Gasteiger partial charge in [0.2, 0.25) is 0 Å². The van der Waals surface area contributed by atoms with Crippen molar-refractivity contribution in [2.24, 2.45) is 0 Å². The molecular weight excluding hydrogens is 671 g/mol. The van der Waals surface area contributed by atoms with Gasteiger partial charge in [-0.1, -0.05) is 152 Å². The van der Waals surface area contributed by atoms with Gasteiger partial charge >= 0.3 is 0 Å². The molecule has 2 heterocycles. The van der Waals surface area contributed by atoms with E-state index in [0.717, 1.165) is 76.7 Å². The average Bonchev–Trinajstić information content (AvgIpc) is 3.65. The lowest BCUT2D eigenvalue weighted by Crippen LogP contribution is -2.00. The van der Waals surface area contributed by atoms with Crippen LogP contribution in [0.5, 0.6) is 0 Å².